The lowest BCUT2D eigenvalue weighted by Gasteiger charge is -2.22. The van der Waals surface area contributed by atoms with E-state index in [0.717, 1.165) is 44.1 Å². The van der Waals surface area contributed by atoms with Crippen LogP contribution in [0.1, 0.15) is 61.6 Å². The first-order chi connectivity index (χ1) is 10.9. The van der Waals surface area contributed by atoms with Gasteiger partial charge in [0, 0.05) is 12.0 Å². The molecule has 0 bridgehead atoms. The van der Waals surface area contributed by atoms with Gasteiger partial charge in [0.25, 0.3) is 0 Å². The minimum absolute atomic E-state index is 0.757. The molecule has 22 heavy (non-hydrogen) atoms. The highest BCUT2D eigenvalue weighted by atomic mass is 16.5. The molecule has 0 spiro atoms. The maximum absolute atomic E-state index is 5.94. The van der Waals surface area contributed by atoms with Crippen LogP contribution in [-0.2, 0) is 12.8 Å². The molecule has 0 radical (unpaired) electrons. The SMILES string of the molecule is NCCC1=C(CC2CCCCC2)Cc2ccc3c(c21)CCO3. The van der Waals surface area contributed by atoms with E-state index in [4.69, 9.17) is 10.5 Å². The summed E-state index contributed by atoms with van der Waals surface area (Å²) in [6, 6.07) is 4.48. The fraction of sp³-hybridized carbons (Fsp3) is 0.600. The number of benzene rings is 1. The van der Waals surface area contributed by atoms with E-state index < -0.39 is 0 Å². The molecule has 0 atom stereocenters. The summed E-state index contributed by atoms with van der Waals surface area (Å²) in [5.74, 6) is 2.03. The van der Waals surface area contributed by atoms with Crippen LogP contribution in [0.3, 0.4) is 0 Å². The molecule has 1 aromatic carbocycles. The maximum Gasteiger partial charge on any atom is 0.123 e. The first-order valence-electron chi connectivity index (χ1n) is 9.05. The lowest BCUT2D eigenvalue weighted by molar-refractivity contribution is 0.355. The average molecular weight is 297 g/mol. The molecule has 2 nitrogen and oxygen atoms in total. The normalized spacial score (nSPS) is 21.0. The van der Waals surface area contributed by atoms with Gasteiger partial charge in [0.15, 0.2) is 0 Å². The third kappa shape index (κ3) is 2.48. The zero-order valence-electron chi connectivity index (χ0n) is 13.5. The van der Waals surface area contributed by atoms with Crippen LogP contribution in [0.5, 0.6) is 5.75 Å². The Kier molecular flexibility index (Phi) is 3.96. The van der Waals surface area contributed by atoms with E-state index in [-0.39, 0.29) is 0 Å². The number of hydrogen-bond acceptors (Lipinski definition) is 2. The van der Waals surface area contributed by atoms with Crippen molar-refractivity contribution in [2.24, 2.45) is 11.7 Å². The topological polar surface area (TPSA) is 35.2 Å². The molecule has 2 N–H and O–H groups in total. The van der Waals surface area contributed by atoms with Gasteiger partial charge in [-0.1, -0.05) is 43.7 Å². The highest BCUT2D eigenvalue weighted by molar-refractivity contribution is 5.80. The minimum Gasteiger partial charge on any atom is -0.493 e. The van der Waals surface area contributed by atoms with Gasteiger partial charge < -0.3 is 10.5 Å². The Balaban J connectivity index is 1.66. The number of rotatable bonds is 4. The monoisotopic (exact) mass is 297 g/mol. The van der Waals surface area contributed by atoms with Crippen LogP contribution in [0.15, 0.2) is 17.7 Å². The van der Waals surface area contributed by atoms with Crippen LogP contribution in [0.25, 0.3) is 5.57 Å². The molecule has 3 aliphatic rings. The van der Waals surface area contributed by atoms with Gasteiger partial charge in [-0.25, -0.2) is 0 Å². The second-order valence-corrected chi connectivity index (χ2v) is 7.18. The van der Waals surface area contributed by atoms with Crippen LogP contribution >= 0.6 is 0 Å². The Morgan fingerprint density at radius 2 is 2.00 bits per heavy atom. The van der Waals surface area contributed by atoms with Crippen molar-refractivity contribution in [3.63, 3.8) is 0 Å². The average Bonchev–Trinajstić information content (AvgIpc) is 3.13. The summed E-state index contributed by atoms with van der Waals surface area (Å²) in [6.45, 7) is 1.60. The zero-order chi connectivity index (χ0) is 14.9. The van der Waals surface area contributed by atoms with Crippen molar-refractivity contribution in [1.82, 2.24) is 0 Å². The zero-order valence-corrected chi connectivity index (χ0v) is 13.5. The van der Waals surface area contributed by atoms with Crippen molar-refractivity contribution < 1.29 is 4.74 Å². The number of ether oxygens (including phenoxy) is 1. The third-order valence-corrected chi connectivity index (χ3v) is 5.75. The van der Waals surface area contributed by atoms with E-state index in [9.17, 15) is 0 Å². The minimum atomic E-state index is 0.757. The lowest BCUT2D eigenvalue weighted by Crippen LogP contribution is -2.08. The van der Waals surface area contributed by atoms with Crippen molar-refractivity contribution >= 4 is 5.57 Å². The molecule has 4 rings (SSSR count). The van der Waals surface area contributed by atoms with E-state index in [1.165, 1.54) is 55.2 Å². The molecule has 118 valence electrons. The first kappa shape index (κ1) is 14.3. The van der Waals surface area contributed by atoms with E-state index in [1.807, 2.05) is 0 Å². The fourth-order valence-electron chi connectivity index (χ4n) is 4.74. The van der Waals surface area contributed by atoms with Gasteiger partial charge in [0.2, 0.25) is 0 Å². The maximum atomic E-state index is 5.94. The van der Waals surface area contributed by atoms with E-state index >= 15 is 0 Å². The van der Waals surface area contributed by atoms with Crippen molar-refractivity contribution in [2.45, 2.75) is 57.8 Å². The van der Waals surface area contributed by atoms with Gasteiger partial charge in [-0.05, 0) is 54.5 Å². The quantitative estimate of drug-likeness (QED) is 0.901. The molecule has 1 fully saturated rings. The smallest absolute Gasteiger partial charge is 0.123 e. The second-order valence-electron chi connectivity index (χ2n) is 7.18. The molecule has 1 aromatic rings. The van der Waals surface area contributed by atoms with E-state index in [1.54, 1.807) is 11.1 Å². The van der Waals surface area contributed by atoms with Gasteiger partial charge >= 0.3 is 0 Å². The standard InChI is InChI=1S/C20H27NO/c21-10-8-17-16(12-14-4-2-1-3-5-14)13-15-6-7-19-18(20(15)17)9-11-22-19/h6-7,14H,1-5,8-13,21H2. The Morgan fingerprint density at radius 3 is 2.82 bits per heavy atom. The van der Waals surface area contributed by atoms with Crippen molar-refractivity contribution in [2.75, 3.05) is 13.2 Å². The Morgan fingerprint density at radius 1 is 1.14 bits per heavy atom. The highest BCUT2D eigenvalue weighted by Crippen LogP contribution is 2.45. The van der Waals surface area contributed by atoms with Gasteiger partial charge in [0.05, 0.1) is 6.61 Å². The summed E-state index contributed by atoms with van der Waals surface area (Å²) < 4.78 is 5.78. The molecule has 0 aromatic heterocycles. The molecule has 1 aliphatic heterocycles. The van der Waals surface area contributed by atoms with Crippen LogP contribution in [0.2, 0.25) is 0 Å². The predicted molar refractivity (Wildman–Crippen MR) is 91.1 cm³/mol. The fourth-order valence-corrected chi connectivity index (χ4v) is 4.74. The van der Waals surface area contributed by atoms with E-state index in [2.05, 4.69) is 12.1 Å². The summed E-state index contributed by atoms with van der Waals surface area (Å²) in [5, 5.41) is 0. The molecule has 2 aliphatic carbocycles. The van der Waals surface area contributed by atoms with Gasteiger partial charge in [-0.2, -0.15) is 0 Å². The summed E-state index contributed by atoms with van der Waals surface area (Å²) in [4.78, 5) is 0. The van der Waals surface area contributed by atoms with Gasteiger partial charge in [0.1, 0.15) is 5.75 Å². The Labute approximate surface area is 133 Å². The molecule has 1 heterocycles. The molecular weight excluding hydrogens is 270 g/mol. The number of hydrogen-bond donors (Lipinski definition) is 1. The number of allylic oxidation sites excluding steroid dienone is 1. The molecule has 0 unspecified atom stereocenters. The van der Waals surface area contributed by atoms with Crippen LogP contribution in [-0.4, -0.2) is 13.2 Å². The summed E-state index contributed by atoms with van der Waals surface area (Å²) in [6.07, 6.45) is 11.7. The molecule has 0 amide bonds. The Bertz CT molecular complexity index is 596. The lowest BCUT2D eigenvalue weighted by atomic mass is 9.83. The van der Waals surface area contributed by atoms with Crippen molar-refractivity contribution in [1.29, 1.82) is 0 Å². The van der Waals surface area contributed by atoms with Crippen molar-refractivity contribution in [3.05, 3.63) is 34.4 Å². The second kappa shape index (κ2) is 6.08. The van der Waals surface area contributed by atoms with Crippen LogP contribution < -0.4 is 10.5 Å². The van der Waals surface area contributed by atoms with Gasteiger partial charge in [-0.3, -0.25) is 0 Å². The van der Waals surface area contributed by atoms with Crippen LogP contribution in [0, 0.1) is 5.92 Å². The molecule has 0 saturated heterocycles. The molecule has 1 saturated carbocycles. The summed E-state index contributed by atoms with van der Waals surface area (Å²) in [7, 11) is 0. The molecular formula is C20H27NO. The first-order valence-corrected chi connectivity index (χ1v) is 9.05. The predicted octanol–water partition coefficient (Wildman–Crippen LogP) is 4.25. The number of fused-ring (bicyclic) bond motifs is 3. The largest absolute Gasteiger partial charge is 0.493 e. The Hall–Kier alpha value is -1.28. The van der Waals surface area contributed by atoms with E-state index in [0.29, 0.717) is 0 Å². The van der Waals surface area contributed by atoms with Crippen molar-refractivity contribution in [3.8, 4) is 5.75 Å². The third-order valence-electron chi connectivity index (χ3n) is 5.75. The summed E-state index contributed by atoms with van der Waals surface area (Å²) >= 11 is 0. The molecule has 2 heteroatoms. The number of nitrogens with two attached hydrogens (primary N) is 1. The van der Waals surface area contributed by atoms with Crippen LogP contribution in [0.4, 0.5) is 0 Å². The van der Waals surface area contributed by atoms with Gasteiger partial charge in [-0.15, -0.1) is 0 Å². The summed E-state index contributed by atoms with van der Waals surface area (Å²) in [5.41, 5.74) is 13.7. The highest BCUT2D eigenvalue weighted by Gasteiger charge is 2.29.